The molecule has 2 N–H and O–H groups in total. The van der Waals surface area contributed by atoms with Gasteiger partial charge in [0, 0.05) is 42.6 Å². The molecule has 1 aromatic heterocycles. The van der Waals surface area contributed by atoms with Crippen molar-refractivity contribution in [1.29, 1.82) is 0 Å². The summed E-state index contributed by atoms with van der Waals surface area (Å²) in [6, 6.07) is 0. The first kappa shape index (κ1) is 20.5. The van der Waals surface area contributed by atoms with E-state index in [2.05, 4.69) is 20.6 Å². The fraction of sp³-hybridized carbons (Fsp3) is 0.733. The number of hydrogen-bond acceptors (Lipinski definition) is 6. The van der Waals surface area contributed by atoms with Gasteiger partial charge in [-0.25, -0.2) is 22.7 Å². The molecule has 25 heavy (non-hydrogen) atoms. The van der Waals surface area contributed by atoms with E-state index in [0.29, 0.717) is 32.1 Å². The van der Waals surface area contributed by atoms with Crippen LogP contribution in [0.25, 0.3) is 0 Å². The van der Waals surface area contributed by atoms with Gasteiger partial charge in [-0.3, -0.25) is 0 Å². The summed E-state index contributed by atoms with van der Waals surface area (Å²) in [5.41, 5.74) is 1.01. The minimum absolute atomic E-state index is 0.0841. The number of sulfonamides is 1. The summed E-state index contributed by atoms with van der Waals surface area (Å²) in [5.74, 6) is 2.48. The van der Waals surface area contributed by atoms with Crippen LogP contribution in [0.5, 0.6) is 0 Å². The average Bonchev–Trinajstić information content (AvgIpc) is 2.91. The highest BCUT2D eigenvalue weighted by atomic mass is 32.2. The van der Waals surface area contributed by atoms with Crippen molar-refractivity contribution in [1.82, 2.24) is 19.9 Å². The van der Waals surface area contributed by atoms with E-state index >= 15 is 0 Å². The molecule has 1 saturated heterocycles. The first-order valence-electron chi connectivity index (χ1n) is 8.43. The molecule has 1 aliphatic heterocycles. The van der Waals surface area contributed by atoms with Gasteiger partial charge in [0.15, 0.2) is 5.96 Å². The van der Waals surface area contributed by atoms with Crippen molar-refractivity contribution in [2.75, 3.05) is 43.4 Å². The Morgan fingerprint density at radius 2 is 2.00 bits per heavy atom. The predicted molar refractivity (Wildman–Crippen MR) is 107 cm³/mol. The Bertz CT molecular complexity index is 681. The molecule has 0 aromatic carbocycles. The van der Waals surface area contributed by atoms with Gasteiger partial charge in [0.05, 0.1) is 23.0 Å². The van der Waals surface area contributed by atoms with Crippen molar-refractivity contribution in [3.05, 3.63) is 15.6 Å². The van der Waals surface area contributed by atoms with Crippen LogP contribution in [-0.4, -0.2) is 67.1 Å². The molecule has 2 heterocycles. The van der Waals surface area contributed by atoms with Gasteiger partial charge in [0.2, 0.25) is 10.0 Å². The van der Waals surface area contributed by atoms with E-state index in [1.54, 1.807) is 27.4 Å². The van der Waals surface area contributed by atoms with Crippen LogP contribution in [0.15, 0.2) is 4.99 Å². The van der Waals surface area contributed by atoms with E-state index in [1.807, 2.05) is 20.8 Å². The average molecular weight is 406 g/mol. The molecule has 0 atom stereocenters. The van der Waals surface area contributed by atoms with Gasteiger partial charge in [-0.05, 0) is 20.8 Å². The molecule has 0 radical (unpaired) electrons. The number of guanidine groups is 1. The highest BCUT2D eigenvalue weighted by Crippen LogP contribution is 2.17. The van der Waals surface area contributed by atoms with E-state index in [-0.39, 0.29) is 5.75 Å². The Labute approximate surface area is 158 Å². The Hall–Kier alpha value is -0.840. The van der Waals surface area contributed by atoms with Crippen LogP contribution in [0.4, 0.5) is 0 Å². The summed E-state index contributed by atoms with van der Waals surface area (Å²) in [5, 5.41) is 7.31. The smallest absolute Gasteiger partial charge is 0.215 e. The molecule has 1 aliphatic rings. The van der Waals surface area contributed by atoms with Crippen LogP contribution in [-0.2, 0) is 16.6 Å². The summed E-state index contributed by atoms with van der Waals surface area (Å²) in [6.07, 6.45) is 0. The molecule has 0 bridgehead atoms. The SMILES string of the molecule is CCNC(=NCc1sc(C)nc1C)NCCS(=O)(=O)N1CCSCC1. The number of thioether (sulfide) groups is 1. The molecule has 0 unspecified atom stereocenters. The Morgan fingerprint density at radius 1 is 1.28 bits per heavy atom. The van der Waals surface area contributed by atoms with Crippen molar-refractivity contribution >= 4 is 39.1 Å². The number of aromatic nitrogens is 1. The van der Waals surface area contributed by atoms with E-state index in [0.717, 1.165) is 33.6 Å². The van der Waals surface area contributed by atoms with Gasteiger partial charge in [-0.15, -0.1) is 11.3 Å². The molecule has 1 fully saturated rings. The quantitative estimate of drug-likeness (QED) is 0.524. The van der Waals surface area contributed by atoms with Crippen LogP contribution in [0.3, 0.4) is 0 Å². The molecule has 1 aromatic rings. The monoisotopic (exact) mass is 405 g/mol. The normalized spacial score (nSPS) is 16.8. The Morgan fingerprint density at radius 3 is 2.60 bits per heavy atom. The number of aryl methyl sites for hydroxylation is 2. The number of nitrogens with one attached hydrogen (secondary N) is 2. The van der Waals surface area contributed by atoms with Crippen LogP contribution >= 0.6 is 23.1 Å². The number of thiazole rings is 1. The van der Waals surface area contributed by atoms with Crippen LogP contribution in [0.1, 0.15) is 22.5 Å². The second-order valence-corrected chi connectivity index (χ2v) is 10.3. The van der Waals surface area contributed by atoms with E-state index in [1.165, 1.54) is 0 Å². The zero-order chi connectivity index (χ0) is 18.3. The fourth-order valence-corrected chi connectivity index (χ4v) is 5.82. The zero-order valence-corrected chi connectivity index (χ0v) is 17.5. The molecule has 0 spiro atoms. The maximum absolute atomic E-state index is 12.4. The van der Waals surface area contributed by atoms with Gasteiger partial charge in [0.25, 0.3) is 0 Å². The van der Waals surface area contributed by atoms with Crippen LogP contribution in [0, 0.1) is 13.8 Å². The minimum atomic E-state index is -3.20. The molecule has 0 saturated carbocycles. The molecular weight excluding hydrogens is 378 g/mol. The van der Waals surface area contributed by atoms with Gasteiger partial charge < -0.3 is 10.6 Å². The summed E-state index contributed by atoms with van der Waals surface area (Å²) in [6.45, 7) is 8.80. The lowest BCUT2D eigenvalue weighted by Gasteiger charge is -2.25. The molecule has 7 nitrogen and oxygen atoms in total. The Balaban J connectivity index is 1.88. The predicted octanol–water partition coefficient (Wildman–Crippen LogP) is 1.19. The first-order valence-corrected chi connectivity index (χ1v) is 12.0. The van der Waals surface area contributed by atoms with Crippen molar-refractivity contribution < 1.29 is 8.42 Å². The maximum atomic E-state index is 12.4. The topological polar surface area (TPSA) is 86.7 Å². The summed E-state index contributed by atoms with van der Waals surface area (Å²) in [7, 11) is -3.20. The molecule has 10 heteroatoms. The third-order valence-electron chi connectivity index (χ3n) is 3.74. The lowest BCUT2D eigenvalue weighted by atomic mass is 10.4. The number of rotatable bonds is 7. The van der Waals surface area contributed by atoms with Crippen molar-refractivity contribution in [3.63, 3.8) is 0 Å². The van der Waals surface area contributed by atoms with E-state index in [4.69, 9.17) is 0 Å². The third kappa shape index (κ3) is 6.43. The second kappa shape index (κ2) is 9.75. The summed E-state index contributed by atoms with van der Waals surface area (Å²) >= 11 is 3.45. The van der Waals surface area contributed by atoms with Crippen LogP contribution in [0.2, 0.25) is 0 Å². The molecule has 142 valence electrons. The first-order chi connectivity index (χ1) is 11.9. The van der Waals surface area contributed by atoms with Gasteiger partial charge >= 0.3 is 0 Å². The molecule has 2 rings (SSSR count). The fourth-order valence-electron chi connectivity index (χ4n) is 2.47. The van der Waals surface area contributed by atoms with E-state index < -0.39 is 10.0 Å². The lowest BCUT2D eigenvalue weighted by Crippen LogP contribution is -2.44. The summed E-state index contributed by atoms with van der Waals surface area (Å²) < 4.78 is 26.3. The molecule has 0 aliphatic carbocycles. The highest BCUT2D eigenvalue weighted by molar-refractivity contribution is 7.99. The van der Waals surface area contributed by atoms with Gasteiger partial charge in [-0.1, -0.05) is 0 Å². The lowest BCUT2D eigenvalue weighted by molar-refractivity contribution is 0.443. The van der Waals surface area contributed by atoms with E-state index in [9.17, 15) is 8.42 Å². The number of nitrogens with zero attached hydrogens (tertiary/aromatic N) is 3. The largest absolute Gasteiger partial charge is 0.357 e. The summed E-state index contributed by atoms with van der Waals surface area (Å²) in [4.78, 5) is 10.1. The second-order valence-electron chi connectivity index (χ2n) is 5.69. The standard InChI is InChI=1S/C15H27N5O2S3/c1-4-16-15(18-11-14-12(2)19-13(3)24-14)17-5-10-25(21,22)20-6-8-23-9-7-20/h4-11H2,1-3H3,(H2,16,17,18). The van der Waals surface area contributed by atoms with Gasteiger partial charge in [-0.2, -0.15) is 11.8 Å². The number of hydrogen-bond donors (Lipinski definition) is 2. The third-order valence-corrected chi connectivity index (χ3v) is 7.61. The highest BCUT2D eigenvalue weighted by Gasteiger charge is 2.23. The Kier molecular flexibility index (Phi) is 7.98. The number of aliphatic imine (C=N–C) groups is 1. The zero-order valence-electron chi connectivity index (χ0n) is 15.0. The van der Waals surface area contributed by atoms with Crippen LogP contribution < -0.4 is 10.6 Å². The maximum Gasteiger partial charge on any atom is 0.215 e. The van der Waals surface area contributed by atoms with Crippen molar-refractivity contribution in [2.45, 2.75) is 27.3 Å². The molecule has 0 amide bonds. The molecular formula is C15H27N5O2S3. The minimum Gasteiger partial charge on any atom is -0.357 e. The van der Waals surface area contributed by atoms with Crippen molar-refractivity contribution in [3.8, 4) is 0 Å². The van der Waals surface area contributed by atoms with Crippen molar-refractivity contribution in [2.24, 2.45) is 4.99 Å². The van der Waals surface area contributed by atoms with Gasteiger partial charge in [0.1, 0.15) is 0 Å².